The van der Waals surface area contributed by atoms with Gasteiger partial charge in [-0.3, -0.25) is 14.4 Å². The topological polar surface area (TPSA) is 86.3 Å². The molecule has 1 aromatic heterocycles. The van der Waals surface area contributed by atoms with E-state index in [1.165, 1.54) is 11.3 Å². The first-order chi connectivity index (χ1) is 21.2. The van der Waals surface area contributed by atoms with Crippen LogP contribution in [0.25, 0.3) is 6.08 Å². The number of rotatable bonds is 12. The van der Waals surface area contributed by atoms with Crippen molar-refractivity contribution >= 4 is 40.8 Å². The summed E-state index contributed by atoms with van der Waals surface area (Å²) in [5.41, 5.74) is 3.84. The van der Waals surface area contributed by atoms with E-state index in [2.05, 4.69) is 22.0 Å². The molecule has 1 atom stereocenters. The molecule has 2 heterocycles. The Labute approximate surface area is 264 Å². The number of nitrogens with zero attached hydrogens (tertiary/aromatic N) is 5. The maximum absolute atomic E-state index is 14.0. The molecule has 0 aliphatic carbocycles. The number of amides is 3. The van der Waals surface area contributed by atoms with E-state index in [1.807, 2.05) is 61.2 Å². The lowest BCUT2D eigenvalue weighted by atomic mass is 10.0. The third-order valence-corrected chi connectivity index (χ3v) is 8.96. The summed E-state index contributed by atoms with van der Waals surface area (Å²) in [7, 11) is 3.36. The first-order valence-electron chi connectivity index (χ1n) is 15.0. The van der Waals surface area contributed by atoms with E-state index >= 15 is 0 Å². The zero-order valence-electron chi connectivity index (χ0n) is 26.4. The van der Waals surface area contributed by atoms with Gasteiger partial charge in [-0.15, -0.1) is 11.3 Å². The van der Waals surface area contributed by atoms with Crippen LogP contribution in [0.15, 0.2) is 60.7 Å². The van der Waals surface area contributed by atoms with Gasteiger partial charge in [0.1, 0.15) is 6.04 Å². The fraction of sp³-hybridized carbons (Fsp3) is 0.412. The normalized spacial score (nSPS) is 14.1. The predicted octanol–water partition coefficient (Wildman–Crippen LogP) is 4.19. The van der Waals surface area contributed by atoms with Gasteiger partial charge in [-0.2, -0.15) is 0 Å². The Morgan fingerprint density at radius 3 is 2.27 bits per heavy atom. The van der Waals surface area contributed by atoms with E-state index in [9.17, 15) is 14.4 Å². The molecule has 0 bridgehead atoms. The summed E-state index contributed by atoms with van der Waals surface area (Å²) in [5.74, 6) is -0.279. The average Bonchev–Trinajstić information content (AvgIpc) is 3.36. The van der Waals surface area contributed by atoms with Crippen LogP contribution in [0.3, 0.4) is 0 Å². The zero-order chi connectivity index (χ0) is 31.6. The standard InChI is InChI=1S/C34H43N5O4S/c1-25-32(44-26(2)35-25)15-16-33(41)39(31(23-28-9-7-6-8-10-28)34(42)36(4)21-22-43-5)24-29-11-13-30(14-12-29)38-19-17-37(18-20-38)27(3)40/h6-16,31H,17-24H2,1-5H3/b16-15-/t31-/m0/s1. The van der Waals surface area contributed by atoms with E-state index < -0.39 is 6.04 Å². The molecular weight excluding hydrogens is 574 g/mol. The molecule has 3 aromatic rings. The number of carbonyl (C=O) groups is 3. The second-order valence-corrected chi connectivity index (χ2v) is 12.3. The molecule has 10 heteroatoms. The van der Waals surface area contributed by atoms with Crippen LogP contribution in [0, 0.1) is 13.8 Å². The van der Waals surface area contributed by atoms with E-state index in [0.717, 1.165) is 45.5 Å². The van der Waals surface area contributed by atoms with Gasteiger partial charge in [0.15, 0.2) is 0 Å². The summed E-state index contributed by atoms with van der Waals surface area (Å²) in [6, 6.07) is 17.2. The van der Waals surface area contributed by atoms with E-state index in [-0.39, 0.29) is 24.3 Å². The summed E-state index contributed by atoms with van der Waals surface area (Å²) in [6.07, 6.45) is 3.74. The quantitative estimate of drug-likeness (QED) is 0.284. The van der Waals surface area contributed by atoms with E-state index in [1.54, 1.807) is 43.0 Å². The van der Waals surface area contributed by atoms with Gasteiger partial charge in [0.05, 0.1) is 22.2 Å². The number of methoxy groups -OCH3 is 1. The minimum absolute atomic E-state index is 0.104. The predicted molar refractivity (Wildman–Crippen MR) is 176 cm³/mol. The molecule has 0 spiro atoms. The Morgan fingerprint density at radius 1 is 1.00 bits per heavy atom. The first-order valence-corrected chi connectivity index (χ1v) is 15.8. The van der Waals surface area contributed by atoms with E-state index in [0.29, 0.717) is 32.7 Å². The minimum Gasteiger partial charge on any atom is -0.383 e. The van der Waals surface area contributed by atoms with Gasteiger partial charge in [-0.25, -0.2) is 4.98 Å². The average molecular weight is 618 g/mol. The number of ether oxygens (including phenoxy) is 1. The number of aromatic nitrogens is 1. The van der Waals surface area contributed by atoms with Crippen molar-refractivity contribution in [3.8, 4) is 0 Å². The second kappa shape index (κ2) is 15.6. The van der Waals surface area contributed by atoms with Crippen molar-refractivity contribution in [2.75, 3.05) is 58.4 Å². The van der Waals surface area contributed by atoms with Gasteiger partial charge in [0, 0.05) is 78.5 Å². The summed E-state index contributed by atoms with van der Waals surface area (Å²) in [6.45, 7) is 9.51. The van der Waals surface area contributed by atoms with Crippen molar-refractivity contribution in [3.63, 3.8) is 0 Å². The van der Waals surface area contributed by atoms with Crippen LogP contribution in [0.1, 0.15) is 33.6 Å². The third kappa shape index (κ3) is 8.76. The van der Waals surface area contributed by atoms with Crippen LogP contribution in [-0.2, 0) is 32.1 Å². The lowest BCUT2D eigenvalue weighted by Gasteiger charge is -2.36. The largest absolute Gasteiger partial charge is 0.383 e. The third-order valence-electron chi connectivity index (χ3n) is 7.92. The van der Waals surface area contributed by atoms with Gasteiger partial charge in [0.25, 0.3) is 0 Å². The van der Waals surface area contributed by atoms with Crippen LogP contribution < -0.4 is 4.90 Å². The Balaban J connectivity index is 1.63. The number of hydrogen-bond donors (Lipinski definition) is 0. The number of aryl methyl sites for hydroxylation is 2. The van der Waals surface area contributed by atoms with Crippen molar-refractivity contribution in [2.45, 2.75) is 39.8 Å². The number of benzene rings is 2. The second-order valence-electron chi connectivity index (χ2n) is 11.1. The SMILES string of the molecule is COCCN(C)C(=O)[C@H](Cc1ccccc1)N(Cc1ccc(N2CCN(C(C)=O)CC2)cc1)C(=O)/C=C\c1sc(C)nc1C. The number of thiazole rings is 1. The maximum Gasteiger partial charge on any atom is 0.247 e. The molecular formula is C34H43N5O4S. The van der Waals surface area contributed by atoms with Crippen LogP contribution in [0.5, 0.6) is 0 Å². The summed E-state index contributed by atoms with van der Waals surface area (Å²) in [4.78, 5) is 52.6. The summed E-state index contributed by atoms with van der Waals surface area (Å²) < 4.78 is 5.23. The van der Waals surface area contributed by atoms with Crippen LogP contribution in [-0.4, -0.2) is 96.9 Å². The highest BCUT2D eigenvalue weighted by Gasteiger charge is 2.31. The lowest BCUT2D eigenvalue weighted by Crippen LogP contribution is -2.51. The molecule has 4 rings (SSSR count). The fourth-order valence-corrected chi connectivity index (χ4v) is 6.17. The number of likely N-dealkylation sites (N-methyl/N-ethyl adjacent to an activating group) is 1. The van der Waals surface area contributed by atoms with Gasteiger partial charge < -0.3 is 24.3 Å². The maximum atomic E-state index is 14.0. The molecule has 234 valence electrons. The molecule has 2 aromatic carbocycles. The molecule has 0 radical (unpaired) electrons. The van der Waals surface area contributed by atoms with Gasteiger partial charge in [0.2, 0.25) is 17.7 Å². The first kappa shape index (κ1) is 32.9. The Kier molecular flexibility index (Phi) is 11.7. The minimum atomic E-state index is -0.722. The Morgan fingerprint density at radius 2 is 1.68 bits per heavy atom. The molecule has 0 unspecified atom stereocenters. The lowest BCUT2D eigenvalue weighted by molar-refractivity contribution is -0.143. The van der Waals surface area contributed by atoms with Crippen molar-refractivity contribution in [2.24, 2.45) is 0 Å². The molecule has 1 aliphatic heterocycles. The smallest absolute Gasteiger partial charge is 0.247 e. The van der Waals surface area contributed by atoms with Crippen molar-refractivity contribution < 1.29 is 19.1 Å². The molecule has 1 aliphatic rings. The highest BCUT2D eigenvalue weighted by atomic mass is 32.1. The monoisotopic (exact) mass is 617 g/mol. The highest BCUT2D eigenvalue weighted by Crippen LogP contribution is 2.23. The molecule has 0 saturated carbocycles. The number of anilines is 1. The number of carbonyl (C=O) groups excluding carboxylic acids is 3. The van der Waals surface area contributed by atoms with Crippen molar-refractivity contribution in [1.29, 1.82) is 0 Å². The van der Waals surface area contributed by atoms with Crippen molar-refractivity contribution in [3.05, 3.63) is 87.4 Å². The Hall–Kier alpha value is -4.02. The summed E-state index contributed by atoms with van der Waals surface area (Å²) in [5, 5.41) is 0.936. The number of piperazine rings is 1. The summed E-state index contributed by atoms with van der Waals surface area (Å²) >= 11 is 1.54. The van der Waals surface area contributed by atoms with E-state index in [4.69, 9.17) is 4.74 Å². The molecule has 0 N–H and O–H groups in total. The van der Waals surface area contributed by atoms with Gasteiger partial charge in [-0.05, 0) is 43.2 Å². The molecule has 44 heavy (non-hydrogen) atoms. The van der Waals surface area contributed by atoms with Crippen molar-refractivity contribution in [1.82, 2.24) is 19.7 Å². The molecule has 1 saturated heterocycles. The highest BCUT2D eigenvalue weighted by molar-refractivity contribution is 7.12. The Bertz CT molecular complexity index is 1430. The zero-order valence-corrected chi connectivity index (χ0v) is 27.2. The van der Waals surface area contributed by atoms with Gasteiger partial charge >= 0.3 is 0 Å². The van der Waals surface area contributed by atoms with Crippen LogP contribution in [0.2, 0.25) is 0 Å². The molecule has 9 nitrogen and oxygen atoms in total. The molecule has 1 fully saturated rings. The number of hydrogen-bond acceptors (Lipinski definition) is 7. The molecule has 3 amide bonds. The van der Waals surface area contributed by atoms with Gasteiger partial charge in [-0.1, -0.05) is 42.5 Å². The fourth-order valence-electron chi connectivity index (χ4n) is 5.34. The van der Waals surface area contributed by atoms with Crippen LogP contribution in [0.4, 0.5) is 5.69 Å². The van der Waals surface area contributed by atoms with Crippen LogP contribution >= 0.6 is 11.3 Å².